The van der Waals surface area contributed by atoms with Crippen molar-refractivity contribution in [3.8, 4) is 0 Å². The molecule has 3 heterocycles. The first-order valence-corrected chi connectivity index (χ1v) is 8.61. The third-order valence-corrected chi connectivity index (χ3v) is 5.09. The van der Waals surface area contributed by atoms with E-state index in [1.165, 1.54) is 0 Å². The lowest BCUT2D eigenvalue weighted by Crippen LogP contribution is -2.46. The van der Waals surface area contributed by atoms with Gasteiger partial charge in [-0.3, -0.25) is 14.9 Å². The number of rotatable bonds is 4. The highest BCUT2D eigenvalue weighted by Crippen LogP contribution is 2.27. The van der Waals surface area contributed by atoms with Gasteiger partial charge in [-0.05, 0) is 25.7 Å². The highest BCUT2D eigenvalue weighted by molar-refractivity contribution is 5.94. The standard InChI is InChI=1S/C17H22N6O2/c1-22(16(24)15-12-3-2-4-13(12)20-21-15)10-17(25)5-8-23(11-17)14-9-18-6-7-19-14/h6-7,9,25H,2-5,8,10-11H2,1H3,(H,20,21)/t17-/m0/s1. The molecular formula is C17H22N6O2. The van der Waals surface area contributed by atoms with E-state index in [9.17, 15) is 9.90 Å². The number of aliphatic hydroxyl groups is 1. The molecule has 1 atom stereocenters. The van der Waals surface area contributed by atoms with E-state index in [1.54, 1.807) is 30.5 Å². The Morgan fingerprint density at radius 3 is 3.12 bits per heavy atom. The van der Waals surface area contributed by atoms with Gasteiger partial charge in [0.15, 0.2) is 5.69 Å². The van der Waals surface area contributed by atoms with Crippen molar-refractivity contribution in [1.29, 1.82) is 0 Å². The number of aryl methyl sites for hydroxylation is 1. The molecule has 2 N–H and O–H groups in total. The third-order valence-electron chi connectivity index (χ3n) is 5.09. The second-order valence-electron chi connectivity index (χ2n) is 7.00. The van der Waals surface area contributed by atoms with E-state index in [0.717, 1.165) is 36.3 Å². The van der Waals surface area contributed by atoms with E-state index in [0.29, 0.717) is 25.2 Å². The molecule has 1 fully saturated rings. The Morgan fingerprint density at radius 2 is 2.32 bits per heavy atom. The molecule has 8 heteroatoms. The summed E-state index contributed by atoms with van der Waals surface area (Å²) in [7, 11) is 1.72. The Balaban J connectivity index is 1.43. The molecule has 1 saturated heterocycles. The van der Waals surface area contributed by atoms with Crippen molar-refractivity contribution in [1.82, 2.24) is 25.1 Å². The Bertz CT molecular complexity index is 777. The number of likely N-dealkylation sites (N-methyl/N-ethyl adjacent to an activating group) is 1. The minimum atomic E-state index is -0.957. The van der Waals surface area contributed by atoms with Gasteiger partial charge in [0.2, 0.25) is 0 Å². The average molecular weight is 342 g/mol. The van der Waals surface area contributed by atoms with Gasteiger partial charge in [0.25, 0.3) is 5.91 Å². The molecule has 1 aliphatic heterocycles. The van der Waals surface area contributed by atoms with E-state index in [2.05, 4.69) is 20.2 Å². The zero-order chi connectivity index (χ0) is 17.4. The second-order valence-corrected chi connectivity index (χ2v) is 7.00. The smallest absolute Gasteiger partial charge is 0.274 e. The molecule has 0 unspecified atom stereocenters. The Morgan fingerprint density at radius 1 is 1.44 bits per heavy atom. The molecule has 8 nitrogen and oxygen atoms in total. The third kappa shape index (κ3) is 2.97. The lowest BCUT2D eigenvalue weighted by molar-refractivity contribution is 0.0261. The highest BCUT2D eigenvalue weighted by Gasteiger charge is 2.39. The molecule has 0 bridgehead atoms. The number of anilines is 1. The number of H-pyrrole nitrogens is 1. The molecular weight excluding hydrogens is 320 g/mol. The number of hydrogen-bond acceptors (Lipinski definition) is 6. The van der Waals surface area contributed by atoms with Crippen molar-refractivity contribution in [2.75, 3.05) is 31.6 Å². The lowest BCUT2D eigenvalue weighted by Gasteiger charge is -2.29. The molecule has 1 aliphatic carbocycles. The van der Waals surface area contributed by atoms with Gasteiger partial charge < -0.3 is 14.9 Å². The molecule has 132 valence electrons. The number of aromatic amines is 1. The Kier molecular flexibility index (Phi) is 3.91. The summed E-state index contributed by atoms with van der Waals surface area (Å²) in [6, 6.07) is 0. The van der Waals surface area contributed by atoms with Gasteiger partial charge in [0, 0.05) is 43.8 Å². The number of fused-ring (bicyclic) bond motifs is 1. The molecule has 0 aromatic carbocycles. The first-order valence-electron chi connectivity index (χ1n) is 8.61. The lowest BCUT2D eigenvalue weighted by atomic mass is 10.0. The van der Waals surface area contributed by atoms with E-state index >= 15 is 0 Å². The molecule has 0 saturated carbocycles. The summed E-state index contributed by atoms with van der Waals surface area (Å²) in [4.78, 5) is 24.7. The predicted octanol–water partition coefficient (Wildman–Crippen LogP) is 0.402. The molecule has 1 amide bonds. The number of carbonyl (C=O) groups excluding carboxylic acids is 1. The van der Waals surface area contributed by atoms with Crippen molar-refractivity contribution in [2.24, 2.45) is 0 Å². The van der Waals surface area contributed by atoms with Gasteiger partial charge >= 0.3 is 0 Å². The van der Waals surface area contributed by atoms with Crippen molar-refractivity contribution >= 4 is 11.7 Å². The summed E-state index contributed by atoms with van der Waals surface area (Å²) in [5.41, 5.74) is 1.66. The van der Waals surface area contributed by atoms with Crippen LogP contribution in [-0.4, -0.2) is 68.4 Å². The van der Waals surface area contributed by atoms with Crippen molar-refractivity contribution < 1.29 is 9.90 Å². The fourth-order valence-corrected chi connectivity index (χ4v) is 3.83. The van der Waals surface area contributed by atoms with E-state index in [4.69, 9.17) is 0 Å². The molecule has 0 radical (unpaired) electrons. The van der Waals surface area contributed by atoms with Crippen LogP contribution in [0.5, 0.6) is 0 Å². The molecule has 2 aromatic rings. The van der Waals surface area contributed by atoms with Crippen LogP contribution in [0.25, 0.3) is 0 Å². The zero-order valence-corrected chi connectivity index (χ0v) is 14.3. The van der Waals surface area contributed by atoms with E-state index in [-0.39, 0.29) is 12.5 Å². The summed E-state index contributed by atoms with van der Waals surface area (Å²) >= 11 is 0. The molecule has 4 rings (SSSR count). The van der Waals surface area contributed by atoms with Gasteiger partial charge in [-0.1, -0.05) is 0 Å². The maximum absolute atomic E-state index is 12.7. The van der Waals surface area contributed by atoms with Crippen LogP contribution in [0.2, 0.25) is 0 Å². The summed E-state index contributed by atoms with van der Waals surface area (Å²) < 4.78 is 0. The van der Waals surface area contributed by atoms with Crippen LogP contribution in [0.1, 0.15) is 34.6 Å². The summed E-state index contributed by atoms with van der Waals surface area (Å²) in [5, 5.41) is 18.1. The summed E-state index contributed by atoms with van der Waals surface area (Å²) in [6.07, 6.45) is 8.45. The van der Waals surface area contributed by atoms with Crippen molar-refractivity contribution in [3.05, 3.63) is 35.5 Å². The maximum atomic E-state index is 12.7. The topological polar surface area (TPSA) is 98.2 Å². The number of nitrogens with zero attached hydrogens (tertiary/aromatic N) is 5. The summed E-state index contributed by atoms with van der Waals surface area (Å²) in [6.45, 7) is 1.39. The van der Waals surface area contributed by atoms with E-state index in [1.807, 2.05) is 4.90 Å². The summed E-state index contributed by atoms with van der Waals surface area (Å²) in [5.74, 6) is 0.614. The van der Waals surface area contributed by atoms with Crippen LogP contribution < -0.4 is 4.90 Å². The Labute approximate surface area is 145 Å². The minimum absolute atomic E-state index is 0.134. The van der Waals surface area contributed by atoms with Crippen molar-refractivity contribution in [3.63, 3.8) is 0 Å². The number of β-amino-alcohol motifs (C(OH)–C–C–N with tert-alkyl or cyclic N) is 1. The van der Waals surface area contributed by atoms with Gasteiger partial charge in [-0.2, -0.15) is 5.10 Å². The zero-order valence-electron chi connectivity index (χ0n) is 14.3. The van der Waals surface area contributed by atoms with E-state index < -0.39 is 5.60 Å². The number of amides is 1. The highest BCUT2D eigenvalue weighted by atomic mass is 16.3. The largest absolute Gasteiger partial charge is 0.386 e. The molecule has 2 aromatic heterocycles. The number of aromatic nitrogens is 4. The van der Waals surface area contributed by atoms with Crippen LogP contribution in [0.4, 0.5) is 5.82 Å². The monoisotopic (exact) mass is 342 g/mol. The van der Waals surface area contributed by atoms with Crippen LogP contribution in [-0.2, 0) is 12.8 Å². The van der Waals surface area contributed by atoms with Crippen molar-refractivity contribution in [2.45, 2.75) is 31.3 Å². The second kappa shape index (κ2) is 6.11. The van der Waals surface area contributed by atoms with Crippen LogP contribution in [0.3, 0.4) is 0 Å². The minimum Gasteiger partial charge on any atom is -0.386 e. The predicted molar refractivity (Wildman–Crippen MR) is 91.4 cm³/mol. The normalized spacial score (nSPS) is 22.2. The molecule has 0 spiro atoms. The fourth-order valence-electron chi connectivity index (χ4n) is 3.83. The molecule has 25 heavy (non-hydrogen) atoms. The first kappa shape index (κ1) is 16.0. The van der Waals surface area contributed by atoms with Gasteiger partial charge in [-0.25, -0.2) is 4.98 Å². The quantitative estimate of drug-likeness (QED) is 0.835. The fraction of sp³-hybridized carbons (Fsp3) is 0.529. The van der Waals surface area contributed by atoms with Gasteiger partial charge in [0.05, 0.1) is 12.7 Å². The number of nitrogens with one attached hydrogen (secondary N) is 1. The Hall–Kier alpha value is -2.48. The first-order chi connectivity index (χ1) is 12.1. The SMILES string of the molecule is CN(C[C@@]1(O)CCN(c2cnccn2)C1)C(=O)c1n[nH]c2c1CCC2. The van der Waals surface area contributed by atoms with Gasteiger partial charge in [-0.15, -0.1) is 0 Å². The number of carbonyl (C=O) groups is 1. The van der Waals surface area contributed by atoms with Crippen LogP contribution in [0, 0.1) is 0 Å². The van der Waals surface area contributed by atoms with Crippen LogP contribution in [0.15, 0.2) is 18.6 Å². The van der Waals surface area contributed by atoms with Crippen LogP contribution >= 0.6 is 0 Å². The molecule has 2 aliphatic rings. The van der Waals surface area contributed by atoms with Gasteiger partial charge in [0.1, 0.15) is 11.4 Å². The maximum Gasteiger partial charge on any atom is 0.274 e. The number of hydrogen-bond donors (Lipinski definition) is 2. The average Bonchev–Trinajstić information content (AvgIpc) is 3.30.